The molecule has 0 aliphatic rings. The molecule has 3 rings (SSSR count). The molecule has 0 radical (unpaired) electrons. The zero-order valence-electron chi connectivity index (χ0n) is 12.1. The molecular weight excluding hydrogens is 262 g/mol. The molecule has 0 spiro atoms. The highest BCUT2D eigenvalue weighted by Gasteiger charge is 2.07. The van der Waals surface area contributed by atoms with Gasteiger partial charge >= 0.3 is 0 Å². The minimum Gasteiger partial charge on any atom is -0.351 e. The smallest absolute Gasteiger partial charge is 0.267 e. The second-order valence-electron chi connectivity index (χ2n) is 5.18. The van der Waals surface area contributed by atoms with Crippen LogP contribution in [0.2, 0.25) is 0 Å². The molecule has 0 bridgehead atoms. The van der Waals surface area contributed by atoms with E-state index in [9.17, 15) is 4.79 Å². The van der Waals surface area contributed by atoms with Gasteiger partial charge in [-0.05, 0) is 36.1 Å². The highest BCUT2D eigenvalue weighted by molar-refractivity contribution is 5.92. The normalized spacial score (nSPS) is 10.9. The van der Waals surface area contributed by atoms with Crippen LogP contribution in [0.1, 0.15) is 16.9 Å². The van der Waals surface area contributed by atoms with Crippen molar-refractivity contribution in [2.75, 3.05) is 6.54 Å². The van der Waals surface area contributed by atoms with Crippen LogP contribution in [0.5, 0.6) is 0 Å². The third kappa shape index (κ3) is 2.84. The highest BCUT2D eigenvalue weighted by Crippen LogP contribution is 2.15. The number of carbonyl (C=O) groups excluding carboxylic acids is 1. The van der Waals surface area contributed by atoms with Crippen LogP contribution in [0.4, 0.5) is 0 Å². The minimum absolute atomic E-state index is 0.0140. The van der Waals surface area contributed by atoms with Crippen molar-refractivity contribution in [3.05, 3.63) is 60.6 Å². The summed E-state index contributed by atoms with van der Waals surface area (Å²) in [5, 5.41) is 4.22. The molecule has 108 valence electrons. The molecule has 0 saturated carbocycles. The van der Waals surface area contributed by atoms with Gasteiger partial charge < -0.3 is 14.5 Å². The summed E-state index contributed by atoms with van der Waals surface area (Å²) in [6.07, 6.45) is 4.89. The Labute approximate surface area is 124 Å². The molecule has 0 atom stereocenters. The average Bonchev–Trinajstić information content (AvgIpc) is 3.10. The fourth-order valence-electron chi connectivity index (χ4n) is 2.57. The summed E-state index contributed by atoms with van der Waals surface area (Å²) in [6.45, 7) is 1.58. The Morgan fingerprint density at radius 1 is 1.10 bits per heavy atom. The van der Waals surface area contributed by atoms with Crippen LogP contribution >= 0.6 is 0 Å². The molecule has 0 fully saturated rings. The number of carbonyl (C=O) groups is 1. The van der Waals surface area contributed by atoms with Crippen molar-refractivity contribution in [1.82, 2.24) is 14.5 Å². The predicted molar refractivity (Wildman–Crippen MR) is 84.3 cm³/mol. The first-order chi connectivity index (χ1) is 10.3. The van der Waals surface area contributed by atoms with Gasteiger partial charge in [0.25, 0.3) is 5.91 Å². The maximum absolute atomic E-state index is 12.0. The Morgan fingerprint density at radius 2 is 1.95 bits per heavy atom. The second-order valence-corrected chi connectivity index (χ2v) is 5.18. The van der Waals surface area contributed by atoms with Gasteiger partial charge in [-0.15, -0.1) is 0 Å². The van der Waals surface area contributed by atoms with E-state index < -0.39 is 0 Å². The Morgan fingerprint density at radius 3 is 2.76 bits per heavy atom. The maximum atomic E-state index is 12.0. The summed E-state index contributed by atoms with van der Waals surface area (Å²) in [5.41, 5.74) is 1.94. The van der Waals surface area contributed by atoms with Crippen molar-refractivity contribution in [3.63, 3.8) is 0 Å². The lowest BCUT2D eigenvalue weighted by molar-refractivity contribution is 0.0944. The van der Waals surface area contributed by atoms with E-state index in [1.165, 1.54) is 10.9 Å². The molecule has 4 nitrogen and oxygen atoms in total. The third-order valence-corrected chi connectivity index (χ3v) is 3.72. The van der Waals surface area contributed by atoms with E-state index in [0.29, 0.717) is 12.2 Å². The lowest BCUT2D eigenvalue weighted by Gasteiger charge is -2.08. The van der Waals surface area contributed by atoms with E-state index in [1.807, 2.05) is 36.0 Å². The monoisotopic (exact) mass is 281 g/mol. The van der Waals surface area contributed by atoms with Gasteiger partial charge in [0, 0.05) is 38.0 Å². The number of nitrogens with zero attached hydrogens (tertiary/aromatic N) is 2. The average molecular weight is 281 g/mol. The second kappa shape index (κ2) is 5.87. The van der Waals surface area contributed by atoms with Crippen LogP contribution in [-0.2, 0) is 13.6 Å². The standard InChI is InChI=1S/C17H19N3O/c1-19-11-4-8-16(19)17(21)18-10-5-12-20-13-9-14-6-2-3-7-15(14)20/h2-4,6-9,11,13H,5,10,12H2,1H3,(H,18,21). The summed E-state index contributed by atoms with van der Waals surface area (Å²) in [5.74, 6) is -0.0140. The van der Waals surface area contributed by atoms with Crippen LogP contribution in [0.25, 0.3) is 10.9 Å². The summed E-state index contributed by atoms with van der Waals surface area (Å²) in [4.78, 5) is 12.0. The summed E-state index contributed by atoms with van der Waals surface area (Å²) in [6, 6.07) is 14.2. The molecule has 21 heavy (non-hydrogen) atoms. The molecule has 1 aromatic carbocycles. The van der Waals surface area contributed by atoms with Crippen LogP contribution in [0.15, 0.2) is 54.9 Å². The molecule has 1 N–H and O–H groups in total. The van der Waals surface area contributed by atoms with Gasteiger partial charge in [-0.1, -0.05) is 18.2 Å². The number of hydrogen-bond acceptors (Lipinski definition) is 1. The number of nitrogens with one attached hydrogen (secondary N) is 1. The predicted octanol–water partition coefficient (Wildman–Crippen LogP) is 2.80. The number of hydrogen-bond donors (Lipinski definition) is 1. The summed E-state index contributed by atoms with van der Waals surface area (Å²) >= 11 is 0. The first-order valence-corrected chi connectivity index (χ1v) is 7.19. The first-order valence-electron chi connectivity index (χ1n) is 7.19. The molecule has 0 unspecified atom stereocenters. The fraction of sp³-hybridized carbons (Fsp3) is 0.235. The van der Waals surface area contributed by atoms with Gasteiger partial charge in [0.2, 0.25) is 0 Å². The minimum atomic E-state index is -0.0140. The Hall–Kier alpha value is -2.49. The van der Waals surface area contributed by atoms with Crippen molar-refractivity contribution < 1.29 is 4.79 Å². The van der Waals surface area contributed by atoms with Crippen LogP contribution in [0.3, 0.4) is 0 Å². The van der Waals surface area contributed by atoms with Crippen LogP contribution < -0.4 is 5.32 Å². The molecule has 0 aliphatic heterocycles. The van der Waals surface area contributed by atoms with Crippen LogP contribution in [-0.4, -0.2) is 21.6 Å². The zero-order chi connectivity index (χ0) is 14.7. The van der Waals surface area contributed by atoms with E-state index in [2.05, 4.69) is 40.3 Å². The summed E-state index contributed by atoms with van der Waals surface area (Å²) < 4.78 is 4.05. The van der Waals surface area contributed by atoms with E-state index in [1.54, 1.807) is 0 Å². The molecule has 3 aromatic rings. The molecular formula is C17H19N3O. The van der Waals surface area contributed by atoms with Gasteiger partial charge in [-0.3, -0.25) is 4.79 Å². The number of fused-ring (bicyclic) bond motifs is 1. The lowest BCUT2D eigenvalue weighted by atomic mass is 10.2. The number of aryl methyl sites for hydroxylation is 2. The van der Waals surface area contributed by atoms with Gasteiger partial charge in [0.15, 0.2) is 0 Å². The van der Waals surface area contributed by atoms with Gasteiger partial charge in [-0.2, -0.15) is 0 Å². The molecule has 1 amide bonds. The van der Waals surface area contributed by atoms with Crippen molar-refractivity contribution in [3.8, 4) is 0 Å². The van der Waals surface area contributed by atoms with E-state index >= 15 is 0 Å². The molecule has 0 aliphatic carbocycles. The lowest BCUT2D eigenvalue weighted by Crippen LogP contribution is -2.26. The summed E-state index contributed by atoms with van der Waals surface area (Å²) in [7, 11) is 1.88. The van der Waals surface area contributed by atoms with Gasteiger partial charge in [-0.25, -0.2) is 0 Å². The van der Waals surface area contributed by atoms with Crippen LogP contribution in [0, 0.1) is 0 Å². The van der Waals surface area contributed by atoms with Gasteiger partial charge in [0.1, 0.15) is 5.69 Å². The van der Waals surface area contributed by atoms with Crippen molar-refractivity contribution in [1.29, 1.82) is 0 Å². The van der Waals surface area contributed by atoms with Crippen molar-refractivity contribution in [2.24, 2.45) is 7.05 Å². The van der Waals surface area contributed by atoms with Gasteiger partial charge in [0.05, 0.1) is 0 Å². The van der Waals surface area contributed by atoms with E-state index in [4.69, 9.17) is 0 Å². The number of rotatable bonds is 5. The third-order valence-electron chi connectivity index (χ3n) is 3.72. The van der Waals surface area contributed by atoms with Crippen molar-refractivity contribution in [2.45, 2.75) is 13.0 Å². The molecule has 2 heterocycles. The Kier molecular flexibility index (Phi) is 3.77. The topological polar surface area (TPSA) is 39.0 Å². The first kappa shape index (κ1) is 13.5. The number of amides is 1. The number of para-hydroxylation sites is 1. The Bertz CT molecular complexity index is 754. The quantitative estimate of drug-likeness (QED) is 0.718. The largest absolute Gasteiger partial charge is 0.351 e. The zero-order valence-corrected chi connectivity index (χ0v) is 12.1. The number of aromatic nitrogens is 2. The molecule has 2 aromatic heterocycles. The number of benzene rings is 1. The SMILES string of the molecule is Cn1cccc1C(=O)NCCCn1ccc2ccccc21. The van der Waals surface area contributed by atoms with E-state index in [0.717, 1.165) is 13.0 Å². The molecule has 4 heteroatoms. The molecule has 0 saturated heterocycles. The fourth-order valence-corrected chi connectivity index (χ4v) is 2.57. The Balaban J connectivity index is 1.53. The van der Waals surface area contributed by atoms with Crippen molar-refractivity contribution >= 4 is 16.8 Å². The maximum Gasteiger partial charge on any atom is 0.267 e. The highest BCUT2D eigenvalue weighted by atomic mass is 16.1. The van der Waals surface area contributed by atoms with E-state index in [-0.39, 0.29) is 5.91 Å².